The predicted octanol–water partition coefficient (Wildman–Crippen LogP) is 0.242. The van der Waals surface area contributed by atoms with Crippen LogP contribution in [0, 0.1) is 5.41 Å². The number of rotatable bonds is 7. The van der Waals surface area contributed by atoms with Gasteiger partial charge in [-0.25, -0.2) is 0 Å². The molecule has 0 bridgehead atoms. The zero-order valence-corrected chi connectivity index (χ0v) is 15.6. The van der Waals surface area contributed by atoms with Crippen LogP contribution in [0.3, 0.4) is 0 Å². The van der Waals surface area contributed by atoms with E-state index in [2.05, 4.69) is 4.90 Å². The van der Waals surface area contributed by atoms with Crippen LogP contribution in [-0.2, 0) is 19.7 Å². The first-order valence-corrected chi connectivity index (χ1v) is 9.64. The van der Waals surface area contributed by atoms with Gasteiger partial charge in [-0.2, -0.15) is 17.0 Å². The Morgan fingerprint density at radius 3 is 2.35 bits per heavy atom. The SMILES string of the molecule is COCCN1CC2(CCN(S(=O)(=O)N(C)C)CC2)CC1COC. The highest BCUT2D eigenvalue weighted by molar-refractivity contribution is 7.86. The van der Waals surface area contributed by atoms with Crippen molar-refractivity contribution in [2.75, 3.05) is 67.7 Å². The van der Waals surface area contributed by atoms with Crippen LogP contribution < -0.4 is 0 Å². The van der Waals surface area contributed by atoms with Gasteiger partial charge in [-0.1, -0.05) is 0 Å². The van der Waals surface area contributed by atoms with Crippen molar-refractivity contribution in [1.29, 1.82) is 0 Å². The molecule has 7 nitrogen and oxygen atoms in total. The number of hydrogen-bond donors (Lipinski definition) is 0. The van der Waals surface area contributed by atoms with Crippen molar-refractivity contribution in [3.8, 4) is 0 Å². The first-order chi connectivity index (χ1) is 10.8. The molecule has 0 N–H and O–H groups in total. The second-order valence-electron chi connectivity index (χ2n) is 6.97. The van der Waals surface area contributed by atoms with Gasteiger partial charge in [0.15, 0.2) is 0 Å². The quantitative estimate of drug-likeness (QED) is 0.659. The Bertz CT molecular complexity index is 475. The van der Waals surface area contributed by atoms with Crippen molar-refractivity contribution in [3.63, 3.8) is 0 Å². The molecule has 0 amide bonds. The van der Waals surface area contributed by atoms with Gasteiger partial charge in [0.1, 0.15) is 0 Å². The van der Waals surface area contributed by atoms with E-state index in [0.717, 1.165) is 45.6 Å². The van der Waals surface area contributed by atoms with Gasteiger partial charge in [-0.3, -0.25) is 4.90 Å². The van der Waals surface area contributed by atoms with Crippen molar-refractivity contribution in [1.82, 2.24) is 13.5 Å². The molecule has 1 spiro atoms. The van der Waals surface area contributed by atoms with E-state index >= 15 is 0 Å². The lowest BCUT2D eigenvalue weighted by Crippen LogP contribution is -2.48. The fourth-order valence-corrected chi connectivity index (χ4v) is 4.97. The summed E-state index contributed by atoms with van der Waals surface area (Å²) in [5.74, 6) is 0. The van der Waals surface area contributed by atoms with Crippen molar-refractivity contribution < 1.29 is 17.9 Å². The van der Waals surface area contributed by atoms with Crippen LogP contribution in [0.15, 0.2) is 0 Å². The normalized spacial score (nSPS) is 26.4. The average Bonchev–Trinajstić information content (AvgIpc) is 2.83. The highest BCUT2D eigenvalue weighted by Crippen LogP contribution is 2.43. The smallest absolute Gasteiger partial charge is 0.281 e. The molecule has 2 saturated heterocycles. The first kappa shape index (κ1) is 19.1. The minimum Gasteiger partial charge on any atom is -0.383 e. The molecule has 0 aromatic rings. The predicted molar refractivity (Wildman–Crippen MR) is 89.6 cm³/mol. The monoisotopic (exact) mass is 349 g/mol. The Labute approximate surface area is 140 Å². The maximum absolute atomic E-state index is 12.3. The Morgan fingerprint density at radius 2 is 1.83 bits per heavy atom. The second kappa shape index (κ2) is 7.76. The summed E-state index contributed by atoms with van der Waals surface area (Å²) in [6.45, 7) is 4.59. The number of nitrogens with zero attached hydrogens (tertiary/aromatic N) is 3. The van der Waals surface area contributed by atoms with Crippen LogP contribution >= 0.6 is 0 Å². The van der Waals surface area contributed by atoms with Gasteiger partial charge in [0.2, 0.25) is 0 Å². The summed E-state index contributed by atoms with van der Waals surface area (Å²) in [6, 6.07) is 0.409. The lowest BCUT2D eigenvalue weighted by Gasteiger charge is -2.39. The molecule has 2 fully saturated rings. The zero-order chi connectivity index (χ0) is 17.1. The van der Waals surface area contributed by atoms with Crippen molar-refractivity contribution >= 4 is 10.2 Å². The third kappa shape index (κ3) is 4.24. The molecule has 0 aromatic carbocycles. The van der Waals surface area contributed by atoms with Crippen molar-refractivity contribution in [2.45, 2.75) is 25.3 Å². The van der Waals surface area contributed by atoms with E-state index in [-0.39, 0.29) is 5.41 Å². The van der Waals surface area contributed by atoms with Crippen LogP contribution in [0.1, 0.15) is 19.3 Å². The molecule has 1 atom stereocenters. The van der Waals surface area contributed by atoms with Gasteiger partial charge >= 0.3 is 0 Å². The number of likely N-dealkylation sites (tertiary alicyclic amines) is 1. The van der Waals surface area contributed by atoms with Crippen molar-refractivity contribution in [2.24, 2.45) is 5.41 Å². The summed E-state index contributed by atoms with van der Waals surface area (Å²) in [6.07, 6.45) is 2.92. The van der Waals surface area contributed by atoms with Gasteiger partial charge in [-0.15, -0.1) is 0 Å². The molecule has 0 aliphatic carbocycles. The number of ether oxygens (including phenoxy) is 2. The van der Waals surface area contributed by atoms with Crippen LogP contribution in [-0.4, -0.2) is 95.7 Å². The molecule has 23 heavy (non-hydrogen) atoms. The minimum absolute atomic E-state index is 0.218. The summed E-state index contributed by atoms with van der Waals surface area (Å²) >= 11 is 0. The molecular formula is C15H31N3O4S. The van der Waals surface area contributed by atoms with E-state index < -0.39 is 10.2 Å². The summed E-state index contributed by atoms with van der Waals surface area (Å²) in [5.41, 5.74) is 0.218. The summed E-state index contributed by atoms with van der Waals surface area (Å²) < 4.78 is 38.0. The summed E-state index contributed by atoms with van der Waals surface area (Å²) in [4.78, 5) is 2.45. The molecule has 8 heteroatoms. The molecular weight excluding hydrogens is 318 g/mol. The van der Waals surface area contributed by atoms with Gasteiger partial charge in [0.05, 0.1) is 13.2 Å². The van der Waals surface area contributed by atoms with E-state index in [1.165, 1.54) is 4.31 Å². The molecule has 2 heterocycles. The maximum Gasteiger partial charge on any atom is 0.281 e. The number of piperidine rings is 1. The van der Waals surface area contributed by atoms with Gasteiger partial charge in [0, 0.05) is 60.5 Å². The Morgan fingerprint density at radius 1 is 1.17 bits per heavy atom. The van der Waals surface area contributed by atoms with Crippen LogP contribution in [0.4, 0.5) is 0 Å². The summed E-state index contributed by atoms with van der Waals surface area (Å²) in [5, 5.41) is 0. The standard InChI is InChI=1S/C15H31N3O4S/c1-16(2)23(19,20)18-7-5-15(6-8-18)11-14(12-22-4)17(13-15)9-10-21-3/h14H,5-13H2,1-4H3. The molecule has 2 aliphatic rings. The number of hydrogen-bond acceptors (Lipinski definition) is 5. The van der Waals surface area contributed by atoms with E-state index in [9.17, 15) is 8.42 Å². The molecule has 1 unspecified atom stereocenters. The summed E-state index contributed by atoms with van der Waals surface area (Å²) in [7, 11) is 3.36. The second-order valence-corrected chi connectivity index (χ2v) is 9.11. The Kier molecular flexibility index (Phi) is 6.43. The van der Waals surface area contributed by atoms with E-state index in [0.29, 0.717) is 19.1 Å². The van der Waals surface area contributed by atoms with Crippen molar-refractivity contribution in [3.05, 3.63) is 0 Å². The first-order valence-electron chi connectivity index (χ1n) is 8.24. The van der Waals surface area contributed by atoms with Gasteiger partial charge < -0.3 is 9.47 Å². The van der Waals surface area contributed by atoms with Crippen LogP contribution in [0.5, 0.6) is 0 Å². The van der Waals surface area contributed by atoms with E-state index in [1.54, 1.807) is 32.6 Å². The fourth-order valence-electron chi connectivity index (χ4n) is 3.86. The third-order valence-electron chi connectivity index (χ3n) is 5.24. The minimum atomic E-state index is -3.29. The zero-order valence-electron chi connectivity index (χ0n) is 14.8. The van der Waals surface area contributed by atoms with Gasteiger partial charge in [-0.05, 0) is 24.7 Å². The van der Waals surface area contributed by atoms with Gasteiger partial charge in [0.25, 0.3) is 10.2 Å². The molecule has 0 saturated carbocycles. The Hall–Kier alpha value is -0.250. The highest BCUT2D eigenvalue weighted by Gasteiger charge is 2.46. The fraction of sp³-hybridized carbons (Fsp3) is 1.00. The molecule has 136 valence electrons. The van der Waals surface area contributed by atoms with E-state index in [1.807, 2.05) is 0 Å². The van der Waals surface area contributed by atoms with Crippen LogP contribution in [0.2, 0.25) is 0 Å². The molecule has 0 aromatic heterocycles. The molecule has 2 rings (SSSR count). The molecule has 2 aliphatic heterocycles. The largest absolute Gasteiger partial charge is 0.383 e. The average molecular weight is 349 g/mol. The number of methoxy groups -OCH3 is 2. The third-order valence-corrected chi connectivity index (χ3v) is 7.18. The lowest BCUT2D eigenvalue weighted by molar-refractivity contribution is 0.0894. The van der Waals surface area contributed by atoms with Crippen LogP contribution in [0.25, 0.3) is 0 Å². The Balaban J connectivity index is 1.99. The van der Waals surface area contributed by atoms with E-state index in [4.69, 9.17) is 9.47 Å². The highest BCUT2D eigenvalue weighted by atomic mass is 32.2. The maximum atomic E-state index is 12.3. The topological polar surface area (TPSA) is 62.3 Å². The lowest BCUT2D eigenvalue weighted by atomic mass is 9.77. The molecule has 0 radical (unpaired) electrons.